The Morgan fingerprint density at radius 3 is 3.00 bits per heavy atom. The zero-order valence-corrected chi connectivity index (χ0v) is 17.6. The molecule has 1 saturated heterocycles. The van der Waals surface area contributed by atoms with Crippen molar-refractivity contribution in [1.29, 1.82) is 0 Å². The number of rotatable bonds is 5. The molecule has 0 bridgehead atoms. The van der Waals surface area contributed by atoms with Gasteiger partial charge in [-0.1, -0.05) is 11.3 Å². The number of urea groups is 1. The highest BCUT2D eigenvalue weighted by molar-refractivity contribution is 7.22. The molecule has 152 valence electrons. The fourth-order valence-corrected chi connectivity index (χ4v) is 4.84. The van der Waals surface area contributed by atoms with Gasteiger partial charge in [-0.05, 0) is 55.5 Å². The number of carbonyl (C=O) groups excluding carboxylic acids is 2. The van der Waals surface area contributed by atoms with Gasteiger partial charge in [0, 0.05) is 13.1 Å². The summed E-state index contributed by atoms with van der Waals surface area (Å²) in [5.41, 5.74) is 0.828. The number of hydrogen-bond donors (Lipinski definition) is 2. The van der Waals surface area contributed by atoms with E-state index in [9.17, 15) is 9.59 Å². The van der Waals surface area contributed by atoms with Gasteiger partial charge in [-0.15, -0.1) is 11.3 Å². The maximum atomic E-state index is 12.8. The molecule has 2 N–H and O–H groups in total. The Morgan fingerprint density at radius 1 is 1.31 bits per heavy atom. The Balaban J connectivity index is 1.38. The molecular weight excluding hydrogens is 408 g/mol. The first-order valence-electron chi connectivity index (χ1n) is 9.56. The van der Waals surface area contributed by atoms with E-state index in [1.54, 1.807) is 4.90 Å². The number of thiazole rings is 1. The van der Waals surface area contributed by atoms with Gasteiger partial charge in [-0.2, -0.15) is 0 Å². The minimum atomic E-state index is -0.246. The van der Waals surface area contributed by atoms with E-state index < -0.39 is 0 Å². The highest BCUT2D eigenvalue weighted by atomic mass is 32.1. The number of carbonyl (C=O) groups is 2. The molecule has 3 heterocycles. The molecule has 29 heavy (non-hydrogen) atoms. The van der Waals surface area contributed by atoms with Crippen molar-refractivity contribution in [2.45, 2.75) is 19.8 Å². The quantitative estimate of drug-likeness (QED) is 0.618. The summed E-state index contributed by atoms with van der Waals surface area (Å²) in [7, 11) is 0. The van der Waals surface area contributed by atoms with Crippen molar-refractivity contribution in [3.63, 3.8) is 0 Å². The van der Waals surface area contributed by atoms with Crippen LogP contribution >= 0.6 is 22.7 Å². The van der Waals surface area contributed by atoms with Crippen molar-refractivity contribution < 1.29 is 14.3 Å². The third kappa shape index (κ3) is 4.68. The van der Waals surface area contributed by atoms with Gasteiger partial charge in [0.15, 0.2) is 5.13 Å². The summed E-state index contributed by atoms with van der Waals surface area (Å²) in [6.45, 7) is 3.60. The highest BCUT2D eigenvalue weighted by Gasteiger charge is 2.29. The molecule has 0 saturated carbocycles. The second kappa shape index (κ2) is 8.79. The largest absolute Gasteiger partial charge is 0.494 e. The molecule has 7 nitrogen and oxygen atoms in total. The van der Waals surface area contributed by atoms with Crippen molar-refractivity contribution in [3.05, 3.63) is 35.7 Å². The number of benzene rings is 1. The van der Waals surface area contributed by atoms with Crippen LogP contribution in [0.25, 0.3) is 10.2 Å². The van der Waals surface area contributed by atoms with E-state index in [2.05, 4.69) is 15.6 Å². The van der Waals surface area contributed by atoms with Gasteiger partial charge in [0.1, 0.15) is 5.75 Å². The number of thiophene rings is 1. The SMILES string of the molecule is CCOc1ccc2nc(NC(=O)C3CCCN(C(=O)Nc4cccs4)C3)sc2c1. The lowest BCUT2D eigenvalue weighted by Gasteiger charge is -2.31. The Bertz CT molecular complexity index is 1000. The van der Waals surface area contributed by atoms with E-state index in [-0.39, 0.29) is 17.9 Å². The van der Waals surface area contributed by atoms with E-state index in [1.165, 1.54) is 22.7 Å². The van der Waals surface area contributed by atoms with Gasteiger partial charge in [-0.3, -0.25) is 10.1 Å². The Hall–Kier alpha value is -2.65. The van der Waals surface area contributed by atoms with Crippen molar-refractivity contribution in [2.24, 2.45) is 5.92 Å². The number of anilines is 2. The normalized spacial score (nSPS) is 16.6. The van der Waals surface area contributed by atoms with Gasteiger partial charge in [-0.25, -0.2) is 9.78 Å². The van der Waals surface area contributed by atoms with Crippen LogP contribution in [0.2, 0.25) is 0 Å². The smallest absolute Gasteiger partial charge is 0.322 e. The molecule has 0 radical (unpaired) electrons. The minimum absolute atomic E-state index is 0.0947. The summed E-state index contributed by atoms with van der Waals surface area (Å²) in [5, 5.41) is 9.10. The molecule has 1 atom stereocenters. The summed E-state index contributed by atoms with van der Waals surface area (Å²) in [4.78, 5) is 31.4. The number of fused-ring (bicyclic) bond motifs is 1. The molecule has 0 aliphatic carbocycles. The van der Waals surface area contributed by atoms with Gasteiger partial charge in [0.2, 0.25) is 5.91 Å². The van der Waals surface area contributed by atoms with Gasteiger partial charge in [0.25, 0.3) is 0 Å². The summed E-state index contributed by atoms with van der Waals surface area (Å²) < 4.78 is 6.48. The third-order valence-corrected chi connectivity index (χ3v) is 6.45. The topological polar surface area (TPSA) is 83.6 Å². The maximum absolute atomic E-state index is 12.8. The van der Waals surface area contributed by atoms with Crippen LogP contribution in [0.1, 0.15) is 19.8 Å². The van der Waals surface area contributed by atoms with Crippen molar-refractivity contribution in [1.82, 2.24) is 9.88 Å². The third-order valence-electron chi connectivity index (χ3n) is 4.73. The molecule has 1 aliphatic heterocycles. The molecule has 3 aromatic rings. The number of amides is 3. The molecule has 1 unspecified atom stereocenters. The molecule has 0 spiro atoms. The lowest BCUT2D eigenvalue weighted by atomic mass is 9.97. The first kappa shape index (κ1) is 19.7. The molecule has 9 heteroatoms. The van der Waals surface area contributed by atoms with Gasteiger partial charge in [0.05, 0.1) is 27.7 Å². The Labute approximate surface area is 176 Å². The number of aromatic nitrogens is 1. The average Bonchev–Trinajstić information content (AvgIpc) is 3.37. The number of ether oxygens (including phenoxy) is 1. The molecule has 2 aromatic heterocycles. The van der Waals surface area contributed by atoms with Crippen LogP contribution in [0.3, 0.4) is 0 Å². The van der Waals surface area contributed by atoms with Crippen LogP contribution in [0.4, 0.5) is 14.9 Å². The summed E-state index contributed by atoms with van der Waals surface area (Å²) >= 11 is 2.90. The van der Waals surface area contributed by atoms with Crippen LogP contribution in [-0.4, -0.2) is 41.5 Å². The van der Waals surface area contributed by atoms with Crippen LogP contribution < -0.4 is 15.4 Å². The van der Waals surface area contributed by atoms with E-state index in [0.29, 0.717) is 24.8 Å². The number of piperidine rings is 1. The van der Waals surface area contributed by atoms with Crippen LogP contribution in [0.5, 0.6) is 5.75 Å². The average molecular weight is 431 g/mol. The van der Waals surface area contributed by atoms with E-state index in [0.717, 1.165) is 33.8 Å². The van der Waals surface area contributed by atoms with E-state index in [1.807, 2.05) is 42.6 Å². The van der Waals surface area contributed by atoms with E-state index >= 15 is 0 Å². The van der Waals surface area contributed by atoms with Crippen LogP contribution in [0, 0.1) is 5.92 Å². The predicted molar refractivity (Wildman–Crippen MR) is 117 cm³/mol. The standard InChI is InChI=1S/C20H22N4O3S2/c1-2-27-14-7-8-15-16(11-14)29-19(21-15)23-18(25)13-5-3-9-24(12-13)20(26)22-17-6-4-10-28-17/h4,6-8,10-11,13H,2-3,5,9,12H2,1H3,(H,22,26)(H,21,23,25). The zero-order valence-electron chi connectivity index (χ0n) is 16.0. The molecular formula is C20H22N4O3S2. The maximum Gasteiger partial charge on any atom is 0.322 e. The Kier molecular flexibility index (Phi) is 5.96. The van der Waals surface area contributed by atoms with Gasteiger partial charge < -0.3 is 15.0 Å². The van der Waals surface area contributed by atoms with Crippen molar-refractivity contribution >= 4 is 55.0 Å². The number of hydrogen-bond acceptors (Lipinski definition) is 6. The summed E-state index contributed by atoms with van der Waals surface area (Å²) in [6, 6.07) is 9.30. The van der Waals surface area contributed by atoms with Gasteiger partial charge >= 0.3 is 6.03 Å². The predicted octanol–water partition coefficient (Wildman–Crippen LogP) is 4.64. The zero-order chi connectivity index (χ0) is 20.2. The fraction of sp³-hybridized carbons (Fsp3) is 0.350. The van der Waals surface area contributed by atoms with Crippen molar-refractivity contribution in [2.75, 3.05) is 30.3 Å². The second-order valence-electron chi connectivity index (χ2n) is 6.76. The monoisotopic (exact) mass is 430 g/mol. The van der Waals surface area contributed by atoms with Crippen molar-refractivity contribution in [3.8, 4) is 5.75 Å². The Morgan fingerprint density at radius 2 is 2.21 bits per heavy atom. The second-order valence-corrected chi connectivity index (χ2v) is 8.74. The highest BCUT2D eigenvalue weighted by Crippen LogP contribution is 2.30. The number of nitrogens with one attached hydrogen (secondary N) is 2. The molecule has 1 aliphatic rings. The minimum Gasteiger partial charge on any atom is -0.494 e. The number of nitrogens with zero attached hydrogens (tertiary/aromatic N) is 2. The summed E-state index contributed by atoms with van der Waals surface area (Å²) in [5.74, 6) is 0.452. The summed E-state index contributed by atoms with van der Waals surface area (Å²) in [6.07, 6.45) is 1.56. The lowest BCUT2D eigenvalue weighted by molar-refractivity contribution is -0.121. The molecule has 1 fully saturated rings. The van der Waals surface area contributed by atoms with Crippen LogP contribution in [0.15, 0.2) is 35.7 Å². The van der Waals surface area contributed by atoms with Crippen LogP contribution in [-0.2, 0) is 4.79 Å². The lowest BCUT2D eigenvalue weighted by Crippen LogP contribution is -2.45. The first-order chi connectivity index (χ1) is 14.1. The number of likely N-dealkylation sites (tertiary alicyclic amines) is 1. The first-order valence-corrected chi connectivity index (χ1v) is 11.3. The fourth-order valence-electron chi connectivity index (χ4n) is 3.33. The molecule has 3 amide bonds. The van der Waals surface area contributed by atoms with E-state index in [4.69, 9.17) is 4.74 Å². The molecule has 4 rings (SSSR count). The molecule has 1 aromatic carbocycles.